The zero-order valence-corrected chi connectivity index (χ0v) is 18.4. The number of aliphatic hydroxyl groups is 1. The van der Waals surface area contributed by atoms with Crippen LogP contribution in [0.15, 0.2) is 60.8 Å². The van der Waals surface area contributed by atoms with E-state index in [-0.39, 0.29) is 25.7 Å². The number of aliphatic hydroxyl groups excluding tert-OH is 1. The maximum atomic E-state index is 12.2. The van der Waals surface area contributed by atoms with Crippen LogP contribution >= 0.6 is 0 Å². The van der Waals surface area contributed by atoms with Crippen molar-refractivity contribution in [2.45, 2.75) is 0 Å². The first-order valence-corrected chi connectivity index (χ1v) is 10.4. The third-order valence-electron chi connectivity index (χ3n) is 4.93. The third-order valence-corrected chi connectivity index (χ3v) is 4.93. The first-order chi connectivity index (χ1) is 16.6. The number of nitrogens with one attached hydrogen (secondary N) is 2. The second-order valence-corrected chi connectivity index (χ2v) is 7.12. The Kier molecular flexibility index (Phi) is 6.86. The lowest BCUT2D eigenvalue weighted by atomic mass is 10.1. The minimum Gasteiger partial charge on any atom is -0.496 e. The van der Waals surface area contributed by atoms with E-state index in [1.54, 1.807) is 41.0 Å². The number of nitrogens with zero attached hydrogens (tertiary/aromatic N) is 4. The van der Waals surface area contributed by atoms with Crippen molar-refractivity contribution in [2.75, 3.05) is 32.2 Å². The molecular formula is C24H22N6O4. The van der Waals surface area contributed by atoms with E-state index < -0.39 is 0 Å². The number of methoxy groups -OCH3 is 1. The van der Waals surface area contributed by atoms with Gasteiger partial charge in [-0.1, -0.05) is 12.1 Å². The molecule has 2 heterocycles. The van der Waals surface area contributed by atoms with Crippen LogP contribution in [0.3, 0.4) is 0 Å². The minimum absolute atomic E-state index is 0.00671. The van der Waals surface area contributed by atoms with Crippen molar-refractivity contribution < 1.29 is 19.4 Å². The van der Waals surface area contributed by atoms with Gasteiger partial charge in [-0.2, -0.15) is 10.2 Å². The second kappa shape index (κ2) is 10.3. The summed E-state index contributed by atoms with van der Waals surface area (Å²) in [5.74, 6) is 1.03. The van der Waals surface area contributed by atoms with Crippen molar-refractivity contribution in [1.82, 2.24) is 19.9 Å². The van der Waals surface area contributed by atoms with Crippen LogP contribution in [0.5, 0.6) is 11.5 Å². The standard InChI is InChI=1S/C24H22N6O4/c1-33-21-15-17(6-9-20(21)23(32)26-11-13-31)27-24-28-22-19(3-2-12-30(22)29-24)16-4-7-18(8-5-16)34-14-10-25/h2-9,12,15,31H,11,13-14H2,1H3,(H,26,32)(H,27,29). The summed E-state index contributed by atoms with van der Waals surface area (Å²) in [6.07, 6.45) is 1.80. The van der Waals surface area contributed by atoms with E-state index in [1.165, 1.54) is 7.11 Å². The molecule has 0 unspecified atom stereocenters. The Morgan fingerprint density at radius 2 is 2.03 bits per heavy atom. The Morgan fingerprint density at radius 3 is 2.76 bits per heavy atom. The summed E-state index contributed by atoms with van der Waals surface area (Å²) in [6.45, 7) is 0.00664. The van der Waals surface area contributed by atoms with Gasteiger partial charge in [-0.3, -0.25) is 4.79 Å². The molecule has 4 aromatic rings. The molecule has 10 heteroatoms. The minimum atomic E-state index is -0.336. The SMILES string of the molecule is COc1cc(Nc2nc3c(-c4ccc(OCC#N)cc4)cccn3n2)ccc1C(=O)NCCO. The predicted octanol–water partition coefficient (Wildman–Crippen LogP) is 2.77. The molecule has 0 saturated heterocycles. The van der Waals surface area contributed by atoms with E-state index in [2.05, 4.69) is 20.7 Å². The van der Waals surface area contributed by atoms with Crippen molar-refractivity contribution in [3.05, 3.63) is 66.4 Å². The molecule has 0 fully saturated rings. The quantitative estimate of drug-likeness (QED) is 0.349. The molecule has 0 aliphatic rings. The highest BCUT2D eigenvalue weighted by atomic mass is 16.5. The zero-order chi connectivity index (χ0) is 23.9. The number of carbonyl (C=O) groups excluding carboxylic acids is 1. The molecule has 0 radical (unpaired) electrons. The number of anilines is 2. The van der Waals surface area contributed by atoms with Gasteiger partial charge >= 0.3 is 0 Å². The van der Waals surface area contributed by atoms with Crippen molar-refractivity contribution in [1.29, 1.82) is 5.26 Å². The summed E-state index contributed by atoms with van der Waals surface area (Å²) in [4.78, 5) is 16.9. The molecule has 34 heavy (non-hydrogen) atoms. The summed E-state index contributed by atoms with van der Waals surface area (Å²) in [7, 11) is 1.48. The Balaban J connectivity index is 1.58. The lowest BCUT2D eigenvalue weighted by molar-refractivity contribution is 0.0942. The number of aromatic nitrogens is 3. The normalized spacial score (nSPS) is 10.5. The zero-order valence-electron chi connectivity index (χ0n) is 18.4. The fraction of sp³-hybridized carbons (Fsp3) is 0.167. The van der Waals surface area contributed by atoms with Gasteiger partial charge in [0.25, 0.3) is 5.91 Å². The molecule has 2 aromatic heterocycles. The van der Waals surface area contributed by atoms with Crippen LogP contribution in [-0.2, 0) is 0 Å². The average Bonchev–Trinajstić information content (AvgIpc) is 3.28. The molecule has 10 nitrogen and oxygen atoms in total. The van der Waals surface area contributed by atoms with Crippen LogP contribution in [0.2, 0.25) is 0 Å². The molecule has 0 aliphatic carbocycles. The van der Waals surface area contributed by atoms with Crippen LogP contribution in [0.4, 0.5) is 11.6 Å². The largest absolute Gasteiger partial charge is 0.496 e. The van der Waals surface area contributed by atoms with E-state index >= 15 is 0 Å². The average molecular weight is 458 g/mol. The highest BCUT2D eigenvalue weighted by Crippen LogP contribution is 2.28. The first kappa shape index (κ1) is 22.6. The summed E-state index contributed by atoms with van der Waals surface area (Å²) >= 11 is 0. The van der Waals surface area contributed by atoms with E-state index in [1.807, 2.05) is 30.3 Å². The van der Waals surface area contributed by atoms with Crippen molar-refractivity contribution in [2.24, 2.45) is 0 Å². The van der Waals surface area contributed by atoms with Gasteiger partial charge in [0, 0.05) is 30.1 Å². The van der Waals surface area contributed by atoms with Gasteiger partial charge in [0.15, 0.2) is 12.3 Å². The number of hydrogen-bond donors (Lipinski definition) is 3. The molecule has 0 bridgehead atoms. The van der Waals surface area contributed by atoms with Gasteiger partial charge in [0.1, 0.15) is 17.6 Å². The van der Waals surface area contributed by atoms with Crippen molar-refractivity contribution in [3.8, 4) is 28.7 Å². The number of benzene rings is 2. The summed E-state index contributed by atoms with van der Waals surface area (Å²) < 4.78 is 12.3. The topological polar surface area (TPSA) is 134 Å². The lowest BCUT2D eigenvalue weighted by Gasteiger charge is -2.11. The lowest BCUT2D eigenvalue weighted by Crippen LogP contribution is -2.26. The fourth-order valence-corrected chi connectivity index (χ4v) is 3.38. The molecule has 3 N–H and O–H groups in total. The van der Waals surface area contributed by atoms with E-state index in [0.29, 0.717) is 34.3 Å². The van der Waals surface area contributed by atoms with Gasteiger partial charge in [0.2, 0.25) is 5.95 Å². The Hall–Kier alpha value is -4.62. The molecule has 0 aliphatic heterocycles. The number of carbonyl (C=O) groups is 1. The molecule has 2 aromatic carbocycles. The summed E-state index contributed by atoms with van der Waals surface area (Å²) in [6, 6.07) is 18.2. The summed E-state index contributed by atoms with van der Waals surface area (Å²) in [5.41, 5.74) is 3.46. The maximum Gasteiger partial charge on any atom is 0.255 e. The van der Waals surface area contributed by atoms with Crippen LogP contribution in [-0.4, -0.2) is 52.5 Å². The van der Waals surface area contributed by atoms with Crippen molar-refractivity contribution >= 4 is 23.2 Å². The Labute approximate surface area is 195 Å². The number of rotatable bonds is 9. The third kappa shape index (κ3) is 4.90. The predicted molar refractivity (Wildman–Crippen MR) is 125 cm³/mol. The van der Waals surface area contributed by atoms with Crippen LogP contribution in [0.1, 0.15) is 10.4 Å². The summed E-state index contributed by atoms with van der Waals surface area (Å²) in [5, 5.41) is 27.8. The number of pyridine rings is 1. The highest BCUT2D eigenvalue weighted by Gasteiger charge is 2.14. The molecule has 4 rings (SSSR count). The van der Waals surface area contributed by atoms with E-state index in [4.69, 9.17) is 19.8 Å². The van der Waals surface area contributed by atoms with Gasteiger partial charge in [-0.15, -0.1) is 5.10 Å². The van der Waals surface area contributed by atoms with Gasteiger partial charge in [0.05, 0.1) is 19.3 Å². The Morgan fingerprint density at radius 1 is 1.21 bits per heavy atom. The van der Waals surface area contributed by atoms with Crippen molar-refractivity contribution in [3.63, 3.8) is 0 Å². The van der Waals surface area contributed by atoms with Gasteiger partial charge in [-0.05, 0) is 42.0 Å². The molecule has 1 amide bonds. The number of hydrogen-bond acceptors (Lipinski definition) is 8. The molecule has 172 valence electrons. The number of nitriles is 1. The highest BCUT2D eigenvalue weighted by molar-refractivity contribution is 5.97. The van der Waals surface area contributed by atoms with Crippen LogP contribution < -0.4 is 20.1 Å². The maximum absolute atomic E-state index is 12.2. The fourth-order valence-electron chi connectivity index (χ4n) is 3.38. The Bertz CT molecular complexity index is 1340. The van der Waals surface area contributed by atoms with Crippen LogP contribution in [0, 0.1) is 11.3 Å². The van der Waals surface area contributed by atoms with Gasteiger partial charge < -0.3 is 25.2 Å². The molecule has 0 saturated carbocycles. The molecule has 0 atom stereocenters. The molecule has 0 spiro atoms. The number of fused-ring (bicyclic) bond motifs is 1. The monoisotopic (exact) mass is 458 g/mol. The van der Waals surface area contributed by atoms with Gasteiger partial charge in [-0.25, -0.2) is 4.52 Å². The van der Waals surface area contributed by atoms with E-state index in [9.17, 15) is 4.79 Å². The smallest absolute Gasteiger partial charge is 0.255 e. The second-order valence-electron chi connectivity index (χ2n) is 7.12. The number of amides is 1. The number of ether oxygens (including phenoxy) is 2. The first-order valence-electron chi connectivity index (χ1n) is 10.4. The molecular weight excluding hydrogens is 436 g/mol. The van der Waals surface area contributed by atoms with Crippen LogP contribution in [0.25, 0.3) is 16.8 Å². The van der Waals surface area contributed by atoms with E-state index in [0.717, 1.165) is 11.1 Å².